The summed E-state index contributed by atoms with van der Waals surface area (Å²) in [6, 6.07) is 4.66. The van der Waals surface area contributed by atoms with Crippen molar-refractivity contribution in [1.82, 2.24) is 20.1 Å². The number of aromatic nitrogens is 3. The van der Waals surface area contributed by atoms with Crippen molar-refractivity contribution in [2.45, 2.75) is 13.0 Å². The van der Waals surface area contributed by atoms with Gasteiger partial charge in [0.1, 0.15) is 6.33 Å². The SMILES string of the molecule is Cn1cnc(CCNCc2c(Cl)cccc2[N+](=O)[O-])n1. The predicted octanol–water partition coefficient (Wildman–Crippen LogP) is 1.71. The molecule has 8 heteroatoms. The Bertz CT molecular complexity index is 614. The highest BCUT2D eigenvalue weighted by atomic mass is 35.5. The third kappa shape index (κ3) is 3.52. The molecule has 0 saturated heterocycles. The lowest BCUT2D eigenvalue weighted by molar-refractivity contribution is -0.385. The molecular formula is C12H14ClN5O2. The number of nitro groups is 1. The van der Waals surface area contributed by atoms with Crippen molar-refractivity contribution in [3.8, 4) is 0 Å². The molecule has 0 aliphatic heterocycles. The molecule has 0 aliphatic carbocycles. The maximum atomic E-state index is 10.9. The Kier molecular flexibility index (Phi) is 4.65. The summed E-state index contributed by atoms with van der Waals surface area (Å²) in [4.78, 5) is 14.6. The van der Waals surface area contributed by atoms with Gasteiger partial charge in [0.05, 0.1) is 15.5 Å². The number of rotatable bonds is 6. The Balaban J connectivity index is 1.92. The summed E-state index contributed by atoms with van der Waals surface area (Å²) in [5.41, 5.74) is 0.522. The minimum atomic E-state index is -0.427. The first-order valence-corrected chi connectivity index (χ1v) is 6.42. The highest BCUT2D eigenvalue weighted by Crippen LogP contribution is 2.25. The number of hydrogen-bond acceptors (Lipinski definition) is 5. The lowest BCUT2D eigenvalue weighted by Gasteiger charge is -2.06. The topological polar surface area (TPSA) is 85.9 Å². The molecule has 0 saturated carbocycles. The van der Waals surface area contributed by atoms with E-state index in [9.17, 15) is 10.1 Å². The molecule has 0 fully saturated rings. The maximum absolute atomic E-state index is 10.9. The van der Waals surface area contributed by atoms with Gasteiger partial charge in [-0.2, -0.15) is 5.10 Å². The maximum Gasteiger partial charge on any atom is 0.275 e. The van der Waals surface area contributed by atoms with Gasteiger partial charge in [-0.25, -0.2) is 4.98 Å². The van der Waals surface area contributed by atoms with Gasteiger partial charge in [0, 0.05) is 32.6 Å². The first-order valence-electron chi connectivity index (χ1n) is 6.05. The van der Waals surface area contributed by atoms with E-state index in [1.807, 2.05) is 0 Å². The Morgan fingerprint density at radius 3 is 2.95 bits per heavy atom. The summed E-state index contributed by atoms with van der Waals surface area (Å²) in [5.74, 6) is 0.730. The molecule has 0 bridgehead atoms. The first kappa shape index (κ1) is 14.4. The standard InChI is InChI=1S/C12H14ClN5O2/c1-17-8-15-12(16-17)5-6-14-7-9-10(13)3-2-4-11(9)18(19)20/h2-4,8,14H,5-7H2,1H3. The molecule has 0 radical (unpaired) electrons. The van der Waals surface area contributed by atoms with Crippen LogP contribution in [0.4, 0.5) is 5.69 Å². The largest absolute Gasteiger partial charge is 0.312 e. The van der Waals surface area contributed by atoms with Crippen molar-refractivity contribution in [3.63, 3.8) is 0 Å². The highest BCUT2D eigenvalue weighted by molar-refractivity contribution is 6.31. The average Bonchev–Trinajstić information content (AvgIpc) is 2.81. The quantitative estimate of drug-likeness (QED) is 0.498. The Morgan fingerprint density at radius 2 is 2.30 bits per heavy atom. The van der Waals surface area contributed by atoms with Gasteiger partial charge in [-0.1, -0.05) is 17.7 Å². The highest BCUT2D eigenvalue weighted by Gasteiger charge is 2.15. The Morgan fingerprint density at radius 1 is 1.50 bits per heavy atom. The molecule has 1 heterocycles. The van der Waals surface area contributed by atoms with Crippen molar-refractivity contribution in [2.24, 2.45) is 7.05 Å². The second-order valence-corrected chi connectivity index (χ2v) is 4.66. The summed E-state index contributed by atoms with van der Waals surface area (Å²) < 4.78 is 1.63. The van der Waals surface area contributed by atoms with Gasteiger partial charge in [0.2, 0.25) is 0 Å². The van der Waals surface area contributed by atoms with Crippen molar-refractivity contribution >= 4 is 17.3 Å². The minimum absolute atomic E-state index is 0.0287. The van der Waals surface area contributed by atoms with Gasteiger partial charge in [-0.05, 0) is 6.07 Å². The van der Waals surface area contributed by atoms with E-state index in [0.717, 1.165) is 5.82 Å². The zero-order chi connectivity index (χ0) is 14.5. The third-order valence-electron chi connectivity index (χ3n) is 2.77. The first-order chi connectivity index (χ1) is 9.58. The molecule has 2 rings (SSSR count). The van der Waals surface area contributed by atoms with E-state index in [4.69, 9.17) is 11.6 Å². The van der Waals surface area contributed by atoms with Crippen LogP contribution in [0.25, 0.3) is 0 Å². The van der Waals surface area contributed by atoms with Gasteiger partial charge < -0.3 is 5.32 Å². The van der Waals surface area contributed by atoms with E-state index in [0.29, 0.717) is 30.1 Å². The smallest absolute Gasteiger partial charge is 0.275 e. The molecule has 2 aromatic rings. The fraction of sp³-hybridized carbons (Fsp3) is 0.333. The number of nitro benzene ring substituents is 1. The minimum Gasteiger partial charge on any atom is -0.312 e. The lowest BCUT2D eigenvalue weighted by Crippen LogP contribution is -2.18. The van der Waals surface area contributed by atoms with E-state index in [1.54, 1.807) is 30.2 Å². The molecule has 1 aromatic heterocycles. The van der Waals surface area contributed by atoms with Crippen molar-refractivity contribution < 1.29 is 4.92 Å². The molecule has 1 aromatic carbocycles. The van der Waals surface area contributed by atoms with Crippen molar-refractivity contribution in [1.29, 1.82) is 0 Å². The molecule has 1 N–H and O–H groups in total. The van der Waals surface area contributed by atoms with Gasteiger partial charge in [0.25, 0.3) is 5.69 Å². The van der Waals surface area contributed by atoms with Crippen molar-refractivity contribution in [2.75, 3.05) is 6.54 Å². The molecule has 0 atom stereocenters. The summed E-state index contributed by atoms with van der Waals surface area (Å²) >= 11 is 6.00. The van der Waals surface area contributed by atoms with Crippen LogP contribution in [0, 0.1) is 10.1 Å². The number of halogens is 1. The monoisotopic (exact) mass is 295 g/mol. The van der Waals surface area contributed by atoms with Crippen LogP contribution in [0.15, 0.2) is 24.5 Å². The second-order valence-electron chi connectivity index (χ2n) is 4.26. The molecule has 0 spiro atoms. The number of nitrogens with one attached hydrogen (secondary N) is 1. The van der Waals surface area contributed by atoms with E-state index >= 15 is 0 Å². The van der Waals surface area contributed by atoms with Crippen LogP contribution in [0.2, 0.25) is 5.02 Å². The van der Waals surface area contributed by atoms with Gasteiger partial charge in [0.15, 0.2) is 5.82 Å². The molecule has 0 aliphatic rings. The zero-order valence-corrected chi connectivity index (χ0v) is 11.7. The number of benzene rings is 1. The van der Waals surface area contributed by atoms with Gasteiger partial charge in [-0.15, -0.1) is 0 Å². The van der Waals surface area contributed by atoms with Crippen LogP contribution in [0.3, 0.4) is 0 Å². The van der Waals surface area contributed by atoms with E-state index < -0.39 is 4.92 Å². The summed E-state index contributed by atoms with van der Waals surface area (Å²) in [5, 5.41) is 18.6. The van der Waals surface area contributed by atoms with E-state index in [1.165, 1.54) is 6.07 Å². The fourth-order valence-corrected chi connectivity index (χ4v) is 2.04. The second kappa shape index (κ2) is 6.44. The van der Waals surface area contributed by atoms with Crippen LogP contribution >= 0.6 is 11.6 Å². The zero-order valence-electron chi connectivity index (χ0n) is 10.9. The molecule has 0 unspecified atom stereocenters. The summed E-state index contributed by atoms with van der Waals surface area (Å²) in [6.07, 6.45) is 2.29. The average molecular weight is 296 g/mol. The molecule has 7 nitrogen and oxygen atoms in total. The van der Waals surface area contributed by atoms with Crippen LogP contribution in [-0.4, -0.2) is 26.2 Å². The number of hydrogen-bond donors (Lipinski definition) is 1. The van der Waals surface area contributed by atoms with Crippen LogP contribution in [0.5, 0.6) is 0 Å². The Hall–Kier alpha value is -1.99. The van der Waals surface area contributed by atoms with Crippen molar-refractivity contribution in [3.05, 3.63) is 51.1 Å². The molecule has 0 amide bonds. The van der Waals surface area contributed by atoms with Crippen LogP contribution in [-0.2, 0) is 20.0 Å². The Labute approximate surface area is 120 Å². The van der Waals surface area contributed by atoms with E-state index in [-0.39, 0.29) is 5.69 Å². The van der Waals surface area contributed by atoms with E-state index in [2.05, 4.69) is 15.4 Å². The van der Waals surface area contributed by atoms with Gasteiger partial charge >= 0.3 is 0 Å². The molecule has 20 heavy (non-hydrogen) atoms. The summed E-state index contributed by atoms with van der Waals surface area (Å²) in [6.45, 7) is 0.954. The lowest BCUT2D eigenvalue weighted by atomic mass is 10.2. The summed E-state index contributed by atoms with van der Waals surface area (Å²) in [7, 11) is 1.80. The fourth-order valence-electron chi connectivity index (χ4n) is 1.81. The van der Waals surface area contributed by atoms with Gasteiger partial charge in [-0.3, -0.25) is 14.8 Å². The normalized spacial score (nSPS) is 10.7. The van der Waals surface area contributed by atoms with Crippen LogP contribution < -0.4 is 5.32 Å². The number of aryl methyl sites for hydroxylation is 1. The predicted molar refractivity (Wildman–Crippen MR) is 74.5 cm³/mol. The molecule has 106 valence electrons. The third-order valence-corrected chi connectivity index (χ3v) is 3.12. The molecular weight excluding hydrogens is 282 g/mol. The number of nitrogens with zero attached hydrogens (tertiary/aromatic N) is 4. The van der Waals surface area contributed by atoms with Crippen LogP contribution in [0.1, 0.15) is 11.4 Å².